The van der Waals surface area contributed by atoms with Crippen LogP contribution in [0.3, 0.4) is 0 Å². The average Bonchev–Trinajstić information content (AvgIpc) is 3.60. The molecule has 4 heterocycles. The van der Waals surface area contributed by atoms with E-state index in [0.717, 1.165) is 56.7 Å². The molecule has 1 saturated heterocycles. The number of nitrogens with zero attached hydrogens (tertiary/aromatic N) is 5. The Morgan fingerprint density at radius 1 is 1.06 bits per heavy atom. The molecular formula is C26H31N5O4S. The summed E-state index contributed by atoms with van der Waals surface area (Å²) >= 11 is 0. The number of fused-ring (bicyclic) bond motifs is 3. The van der Waals surface area contributed by atoms with E-state index in [1.165, 1.54) is 3.97 Å². The number of ether oxygens (including phenoxy) is 2. The maximum Gasteiger partial charge on any atom is 0.269 e. The smallest absolute Gasteiger partial charge is 0.269 e. The number of rotatable bonds is 6. The van der Waals surface area contributed by atoms with Crippen LogP contribution < -0.4 is 0 Å². The molecule has 0 N–H and O–H groups in total. The molecule has 1 aliphatic carbocycles. The zero-order valence-electron chi connectivity index (χ0n) is 20.6. The minimum absolute atomic E-state index is 0.178. The maximum atomic E-state index is 13.4. The highest BCUT2D eigenvalue weighted by molar-refractivity contribution is 7.90. The molecule has 0 amide bonds. The van der Waals surface area contributed by atoms with Crippen LogP contribution in [-0.2, 0) is 19.5 Å². The molecule has 2 aliphatic rings. The molecule has 0 spiro atoms. The van der Waals surface area contributed by atoms with Crippen LogP contribution >= 0.6 is 0 Å². The van der Waals surface area contributed by atoms with E-state index in [1.54, 1.807) is 42.7 Å². The predicted octanol–water partition coefficient (Wildman–Crippen LogP) is 4.09. The van der Waals surface area contributed by atoms with Crippen LogP contribution in [0.2, 0.25) is 0 Å². The summed E-state index contributed by atoms with van der Waals surface area (Å²) < 4.78 is 42.0. The fourth-order valence-corrected chi connectivity index (χ4v) is 7.04. The Morgan fingerprint density at radius 3 is 2.58 bits per heavy atom. The van der Waals surface area contributed by atoms with Crippen molar-refractivity contribution in [1.82, 2.24) is 23.6 Å². The van der Waals surface area contributed by atoms with Crippen LogP contribution in [0.5, 0.6) is 0 Å². The van der Waals surface area contributed by atoms with Gasteiger partial charge in [0.2, 0.25) is 0 Å². The maximum absolute atomic E-state index is 13.4. The van der Waals surface area contributed by atoms with Gasteiger partial charge in [0.05, 0.1) is 28.8 Å². The van der Waals surface area contributed by atoms with Gasteiger partial charge in [-0.1, -0.05) is 31.0 Å². The molecule has 10 heteroatoms. The monoisotopic (exact) mass is 509 g/mol. The first-order valence-corrected chi connectivity index (χ1v) is 14.2. The Morgan fingerprint density at radius 2 is 1.83 bits per heavy atom. The van der Waals surface area contributed by atoms with Crippen molar-refractivity contribution in [2.24, 2.45) is 5.92 Å². The standard InChI is InChI=1S/C26H31N5O4S/c1-3-18-14-20(35-19-9-12-34-13-10-19)15-22(18)25-29-28-24-16-27-26-23(31(24)25)8-11-30(26)36(32,33)21-6-4-17(2)5-7-21/h4-8,11,16,18-20,22H,3,9-10,12-15H2,1-2H3. The van der Waals surface area contributed by atoms with Gasteiger partial charge in [0.1, 0.15) is 5.82 Å². The van der Waals surface area contributed by atoms with Crippen LogP contribution in [0.4, 0.5) is 0 Å². The molecule has 1 saturated carbocycles. The first-order valence-electron chi connectivity index (χ1n) is 12.7. The van der Waals surface area contributed by atoms with Gasteiger partial charge >= 0.3 is 0 Å². The fourth-order valence-electron chi connectivity index (χ4n) is 5.75. The molecule has 3 aromatic heterocycles. The highest BCUT2D eigenvalue weighted by Crippen LogP contribution is 2.43. The number of aromatic nitrogens is 5. The molecule has 3 unspecified atom stereocenters. The van der Waals surface area contributed by atoms with Crippen LogP contribution in [0.1, 0.15) is 56.3 Å². The third-order valence-electron chi connectivity index (χ3n) is 7.70. The van der Waals surface area contributed by atoms with E-state index in [4.69, 9.17) is 9.47 Å². The second-order valence-corrected chi connectivity index (χ2v) is 11.8. The molecule has 9 nitrogen and oxygen atoms in total. The number of hydrogen-bond donors (Lipinski definition) is 0. The molecule has 0 radical (unpaired) electrons. The lowest BCUT2D eigenvalue weighted by atomic mass is 9.93. The minimum atomic E-state index is -3.79. The van der Waals surface area contributed by atoms with Crippen molar-refractivity contribution in [2.45, 2.75) is 69.0 Å². The van der Waals surface area contributed by atoms with Gasteiger partial charge in [-0.25, -0.2) is 17.4 Å². The average molecular weight is 510 g/mol. The molecule has 190 valence electrons. The van der Waals surface area contributed by atoms with Gasteiger partial charge in [-0.3, -0.25) is 4.40 Å². The van der Waals surface area contributed by atoms with Crippen LogP contribution in [0.15, 0.2) is 47.6 Å². The third-order valence-corrected chi connectivity index (χ3v) is 9.38. The Balaban J connectivity index is 1.37. The highest BCUT2D eigenvalue weighted by atomic mass is 32.2. The summed E-state index contributed by atoms with van der Waals surface area (Å²) in [4.78, 5) is 4.70. The normalized spacial score (nSPS) is 23.7. The van der Waals surface area contributed by atoms with Crippen molar-refractivity contribution in [1.29, 1.82) is 0 Å². The third kappa shape index (κ3) is 4.01. The predicted molar refractivity (Wildman–Crippen MR) is 135 cm³/mol. The SMILES string of the molecule is CCC1CC(OC2CCOCC2)CC1c1nnc2cnc3c(ccn3S(=O)(=O)c3ccc(C)cc3)n12. The molecule has 3 atom stereocenters. The van der Waals surface area contributed by atoms with Crippen molar-refractivity contribution in [3.05, 3.63) is 54.1 Å². The van der Waals surface area contributed by atoms with E-state index in [1.807, 2.05) is 11.3 Å². The van der Waals surface area contributed by atoms with Crippen molar-refractivity contribution >= 4 is 26.8 Å². The number of aryl methyl sites for hydroxylation is 1. The molecule has 6 rings (SSSR count). The van der Waals surface area contributed by atoms with Crippen LogP contribution in [0, 0.1) is 12.8 Å². The van der Waals surface area contributed by atoms with E-state index in [9.17, 15) is 8.42 Å². The van der Waals surface area contributed by atoms with E-state index in [2.05, 4.69) is 22.1 Å². The second-order valence-electron chi connectivity index (χ2n) is 9.96. The Kier molecular flexibility index (Phi) is 6.05. The van der Waals surface area contributed by atoms with Gasteiger partial charge in [0, 0.05) is 25.3 Å². The lowest BCUT2D eigenvalue weighted by Crippen LogP contribution is -2.27. The molecule has 4 aromatic rings. The molecule has 0 bridgehead atoms. The first kappa shape index (κ1) is 23.6. The largest absolute Gasteiger partial charge is 0.381 e. The zero-order valence-corrected chi connectivity index (χ0v) is 21.4. The van der Waals surface area contributed by atoms with Crippen LogP contribution in [-0.4, -0.2) is 57.4 Å². The van der Waals surface area contributed by atoms with Crippen molar-refractivity contribution < 1.29 is 17.9 Å². The first-order chi connectivity index (χ1) is 17.5. The van der Waals surface area contributed by atoms with E-state index in [0.29, 0.717) is 22.7 Å². The van der Waals surface area contributed by atoms with Gasteiger partial charge in [-0.15, -0.1) is 10.2 Å². The number of hydrogen-bond acceptors (Lipinski definition) is 7. The molecular weight excluding hydrogens is 478 g/mol. The zero-order chi connectivity index (χ0) is 24.9. The van der Waals surface area contributed by atoms with Gasteiger partial charge in [-0.05, 0) is 56.7 Å². The van der Waals surface area contributed by atoms with E-state index in [-0.39, 0.29) is 23.0 Å². The lowest BCUT2D eigenvalue weighted by Gasteiger charge is -2.25. The summed E-state index contributed by atoms with van der Waals surface area (Å²) in [6, 6.07) is 8.64. The highest BCUT2D eigenvalue weighted by Gasteiger charge is 2.39. The molecule has 1 aliphatic heterocycles. The van der Waals surface area contributed by atoms with Crippen molar-refractivity contribution in [2.75, 3.05) is 13.2 Å². The summed E-state index contributed by atoms with van der Waals surface area (Å²) in [5.41, 5.74) is 2.67. The molecule has 1 aromatic carbocycles. The van der Waals surface area contributed by atoms with E-state index >= 15 is 0 Å². The van der Waals surface area contributed by atoms with Gasteiger partial charge in [0.15, 0.2) is 11.3 Å². The summed E-state index contributed by atoms with van der Waals surface area (Å²) in [6.45, 7) is 5.67. The summed E-state index contributed by atoms with van der Waals surface area (Å²) in [7, 11) is -3.79. The quantitative estimate of drug-likeness (QED) is 0.386. The van der Waals surface area contributed by atoms with Gasteiger partial charge in [-0.2, -0.15) is 0 Å². The Labute approximate surface area is 210 Å². The second kappa shape index (κ2) is 9.24. The van der Waals surface area contributed by atoms with Gasteiger partial charge in [0.25, 0.3) is 10.0 Å². The van der Waals surface area contributed by atoms with E-state index < -0.39 is 10.0 Å². The fraction of sp³-hybridized carbons (Fsp3) is 0.500. The van der Waals surface area contributed by atoms with Gasteiger partial charge < -0.3 is 9.47 Å². The van der Waals surface area contributed by atoms with Crippen molar-refractivity contribution in [3.63, 3.8) is 0 Å². The van der Waals surface area contributed by atoms with Crippen molar-refractivity contribution in [3.8, 4) is 0 Å². The summed E-state index contributed by atoms with van der Waals surface area (Å²) in [5.74, 6) is 1.45. The topological polar surface area (TPSA) is 101 Å². The summed E-state index contributed by atoms with van der Waals surface area (Å²) in [5, 5.41) is 8.98. The Hall–Kier alpha value is -2.82. The number of benzene rings is 1. The Bertz CT molecular complexity index is 1490. The minimum Gasteiger partial charge on any atom is -0.381 e. The summed E-state index contributed by atoms with van der Waals surface area (Å²) in [6.07, 6.45) is 8.39. The molecule has 2 fully saturated rings. The van der Waals surface area contributed by atoms with Crippen LogP contribution in [0.25, 0.3) is 16.8 Å². The lowest BCUT2D eigenvalue weighted by molar-refractivity contribution is -0.0668. The molecule has 36 heavy (non-hydrogen) atoms.